The maximum absolute atomic E-state index is 4.60. The van der Waals surface area contributed by atoms with Crippen molar-refractivity contribution in [1.29, 1.82) is 0 Å². The zero-order valence-electron chi connectivity index (χ0n) is 13.1. The summed E-state index contributed by atoms with van der Waals surface area (Å²) in [7, 11) is 0. The highest BCUT2D eigenvalue weighted by molar-refractivity contribution is 5.32. The molecule has 1 unspecified atom stereocenters. The lowest BCUT2D eigenvalue weighted by Crippen LogP contribution is -2.22. The number of anilines is 1. The minimum absolute atomic E-state index is 0.0113. The maximum Gasteiger partial charge on any atom is 0.223 e. The van der Waals surface area contributed by atoms with Crippen LogP contribution in [0.4, 0.5) is 5.95 Å². The lowest BCUT2D eigenvalue weighted by atomic mass is 10.1. The summed E-state index contributed by atoms with van der Waals surface area (Å²) in [5.74, 6) is 0.653. The standard InChI is InChI=1S/C15H23N5/c1-10-7-8-16-14(17-10)18-11(2)13-9-20(15(4,5)6)19-12(13)3/h7-9,11H,1-6H3,(H,16,17,18). The fourth-order valence-corrected chi connectivity index (χ4v) is 2.03. The third kappa shape index (κ3) is 3.15. The molecule has 0 saturated carbocycles. The van der Waals surface area contributed by atoms with Crippen LogP contribution in [0.2, 0.25) is 0 Å². The molecule has 0 bridgehead atoms. The van der Waals surface area contributed by atoms with Crippen LogP contribution in [0.15, 0.2) is 18.5 Å². The Morgan fingerprint density at radius 3 is 2.50 bits per heavy atom. The van der Waals surface area contributed by atoms with Gasteiger partial charge in [-0.05, 0) is 47.6 Å². The molecule has 2 aromatic rings. The molecule has 0 aliphatic carbocycles. The van der Waals surface area contributed by atoms with E-state index in [0.29, 0.717) is 5.95 Å². The summed E-state index contributed by atoms with van der Waals surface area (Å²) < 4.78 is 2.01. The molecule has 1 atom stereocenters. The number of aryl methyl sites for hydroxylation is 2. The summed E-state index contributed by atoms with van der Waals surface area (Å²) in [4.78, 5) is 8.62. The highest BCUT2D eigenvalue weighted by atomic mass is 15.3. The predicted molar refractivity (Wildman–Crippen MR) is 80.8 cm³/mol. The Labute approximate surface area is 120 Å². The van der Waals surface area contributed by atoms with E-state index < -0.39 is 0 Å². The Balaban J connectivity index is 2.21. The average Bonchev–Trinajstić information content (AvgIpc) is 2.71. The van der Waals surface area contributed by atoms with Gasteiger partial charge in [0.25, 0.3) is 0 Å². The molecule has 0 aromatic carbocycles. The maximum atomic E-state index is 4.60. The Morgan fingerprint density at radius 2 is 1.95 bits per heavy atom. The van der Waals surface area contributed by atoms with Crippen LogP contribution in [0.5, 0.6) is 0 Å². The van der Waals surface area contributed by atoms with Gasteiger partial charge in [0.15, 0.2) is 0 Å². The summed E-state index contributed by atoms with van der Waals surface area (Å²) >= 11 is 0. The summed E-state index contributed by atoms with van der Waals surface area (Å²) in [5.41, 5.74) is 3.15. The lowest BCUT2D eigenvalue weighted by molar-refractivity contribution is 0.354. The largest absolute Gasteiger partial charge is 0.348 e. The fourth-order valence-electron chi connectivity index (χ4n) is 2.03. The third-order valence-electron chi connectivity index (χ3n) is 3.23. The van der Waals surface area contributed by atoms with Crippen molar-refractivity contribution in [2.75, 3.05) is 5.32 Å². The van der Waals surface area contributed by atoms with E-state index in [9.17, 15) is 0 Å². The van der Waals surface area contributed by atoms with Crippen LogP contribution in [0.3, 0.4) is 0 Å². The highest BCUT2D eigenvalue weighted by Gasteiger charge is 2.19. The van der Waals surface area contributed by atoms with Gasteiger partial charge in [0.05, 0.1) is 17.3 Å². The van der Waals surface area contributed by atoms with Crippen LogP contribution in [0.1, 0.15) is 50.7 Å². The first-order valence-electron chi connectivity index (χ1n) is 6.90. The number of rotatable bonds is 3. The second-order valence-electron chi connectivity index (χ2n) is 6.17. The van der Waals surface area contributed by atoms with E-state index in [1.165, 1.54) is 5.56 Å². The van der Waals surface area contributed by atoms with Crippen molar-refractivity contribution >= 4 is 5.95 Å². The predicted octanol–water partition coefficient (Wildman–Crippen LogP) is 3.22. The van der Waals surface area contributed by atoms with Crippen molar-refractivity contribution in [2.45, 2.75) is 53.1 Å². The Hall–Kier alpha value is -1.91. The molecule has 1 N–H and O–H groups in total. The van der Waals surface area contributed by atoms with Gasteiger partial charge in [-0.15, -0.1) is 0 Å². The van der Waals surface area contributed by atoms with E-state index >= 15 is 0 Å². The van der Waals surface area contributed by atoms with E-state index in [4.69, 9.17) is 0 Å². The van der Waals surface area contributed by atoms with E-state index in [1.54, 1.807) is 6.20 Å². The van der Waals surface area contributed by atoms with Gasteiger partial charge in [0.1, 0.15) is 0 Å². The highest BCUT2D eigenvalue weighted by Crippen LogP contribution is 2.23. The summed E-state index contributed by atoms with van der Waals surface area (Å²) in [6.45, 7) is 12.5. The zero-order valence-corrected chi connectivity index (χ0v) is 13.1. The molecule has 0 saturated heterocycles. The van der Waals surface area contributed by atoms with Gasteiger partial charge in [-0.3, -0.25) is 4.68 Å². The number of nitrogens with one attached hydrogen (secondary N) is 1. The molecule has 0 spiro atoms. The minimum Gasteiger partial charge on any atom is -0.348 e. The van der Waals surface area contributed by atoms with Gasteiger partial charge in [-0.25, -0.2) is 9.97 Å². The summed E-state index contributed by atoms with van der Waals surface area (Å²) in [6.07, 6.45) is 3.87. The summed E-state index contributed by atoms with van der Waals surface area (Å²) in [6, 6.07) is 2.01. The number of hydrogen-bond acceptors (Lipinski definition) is 4. The van der Waals surface area contributed by atoms with E-state index in [-0.39, 0.29) is 11.6 Å². The molecule has 20 heavy (non-hydrogen) atoms. The van der Waals surface area contributed by atoms with Crippen LogP contribution in [0.25, 0.3) is 0 Å². The van der Waals surface area contributed by atoms with Gasteiger partial charge < -0.3 is 5.32 Å². The second-order valence-corrected chi connectivity index (χ2v) is 6.17. The van der Waals surface area contributed by atoms with Gasteiger partial charge in [0, 0.05) is 23.7 Å². The molecule has 2 heterocycles. The fraction of sp³-hybridized carbons (Fsp3) is 0.533. The Kier molecular flexibility index (Phi) is 3.79. The Morgan fingerprint density at radius 1 is 1.25 bits per heavy atom. The molecule has 0 radical (unpaired) electrons. The molecule has 0 aliphatic heterocycles. The van der Waals surface area contributed by atoms with Crippen molar-refractivity contribution < 1.29 is 0 Å². The molecule has 108 valence electrons. The smallest absolute Gasteiger partial charge is 0.223 e. The van der Waals surface area contributed by atoms with Gasteiger partial charge >= 0.3 is 0 Å². The number of aromatic nitrogens is 4. The van der Waals surface area contributed by atoms with Crippen LogP contribution >= 0.6 is 0 Å². The molecule has 0 fully saturated rings. The molecular weight excluding hydrogens is 250 g/mol. The molecule has 5 heteroatoms. The lowest BCUT2D eigenvalue weighted by Gasteiger charge is -2.19. The number of nitrogens with zero attached hydrogens (tertiary/aromatic N) is 4. The van der Waals surface area contributed by atoms with E-state index in [0.717, 1.165) is 11.4 Å². The first-order valence-corrected chi connectivity index (χ1v) is 6.90. The van der Waals surface area contributed by atoms with Gasteiger partial charge in [0.2, 0.25) is 5.95 Å². The minimum atomic E-state index is -0.0113. The molecule has 2 rings (SSSR count). The van der Waals surface area contributed by atoms with E-state index in [1.807, 2.05) is 24.6 Å². The third-order valence-corrected chi connectivity index (χ3v) is 3.23. The number of hydrogen-bond donors (Lipinski definition) is 1. The second kappa shape index (κ2) is 5.23. The topological polar surface area (TPSA) is 55.6 Å². The normalized spacial score (nSPS) is 13.3. The van der Waals surface area contributed by atoms with Crippen molar-refractivity contribution in [3.8, 4) is 0 Å². The van der Waals surface area contributed by atoms with Crippen LogP contribution < -0.4 is 5.32 Å². The summed E-state index contributed by atoms with van der Waals surface area (Å²) in [5, 5.41) is 7.93. The molecule has 5 nitrogen and oxygen atoms in total. The van der Waals surface area contributed by atoms with Crippen molar-refractivity contribution in [2.24, 2.45) is 0 Å². The Bertz CT molecular complexity index is 595. The van der Waals surface area contributed by atoms with Gasteiger partial charge in [-0.1, -0.05) is 0 Å². The van der Waals surface area contributed by atoms with Crippen molar-refractivity contribution in [3.63, 3.8) is 0 Å². The van der Waals surface area contributed by atoms with Crippen LogP contribution in [-0.4, -0.2) is 19.7 Å². The van der Waals surface area contributed by atoms with Crippen LogP contribution in [0, 0.1) is 13.8 Å². The van der Waals surface area contributed by atoms with Crippen molar-refractivity contribution in [3.05, 3.63) is 35.4 Å². The average molecular weight is 273 g/mol. The SMILES string of the molecule is Cc1ccnc(NC(C)c2cn(C(C)(C)C)nc2C)n1. The zero-order chi connectivity index (χ0) is 14.9. The molecular formula is C15H23N5. The molecule has 2 aromatic heterocycles. The quantitative estimate of drug-likeness (QED) is 0.933. The molecule has 0 amide bonds. The monoisotopic (exact) mass is 273 g/mol. The van der Waals surface area contributed by atoms with Crippen molar-refractivity contribution in [1.82, 2.24) is 19.7 Å². The first kappa shape index (κ1) is 14.5. The molecule has 0 aliphatic rings. The van der Waals surface area contributed by atoms with Crippen LogP contribution in [-0.2, 0) is 5.54 Å². The first-order chi connectivity index (χ1) is 9.27. The van der Waals surface area contributed by atoms with Gasteiger partial charge in [-0.2, -0.15) is 5.10 Å². The van der Waals surface area contributed by atoms with E-state index in [2.05, 4.69) is 54.3 Å².